The Kier molecular flexibility index (Phi) is 5.68. The van der Waals surface area contributed by atoms with Gasteiger partial charge in [0, 0.05) is 6.54 Å². The van der Waals surface area contributed by atoms with Crippen molar-refractivity contribution in [2.75, 3.05) is 26.4 Å². The third kappa shape index (κ3) is 4.64. The van der Waals surface area contributed by atoms with E-state index in [0.717, 1.165) is 10.2 Å². The minimum atomic E-state index is 0.543. The summed E-state index contributed by atoms with van der Waals surface area (Å²) in [5.74, 6) is 0.844. The standard InChI is InChI=1S/C11H16BrNO2/c1-9-2-3-11(10(12)8-9)15-7-6-14-5-4-13/h2-3,8H,4-7,13H2,1H3. The van der Waals surface area contributed by atoms with Gasteiger partial charge in [-0.25, -0.2) is 0 Å². The van der Waals surface area contributed by atoms with Crippen molar-refractivity contribution in [3.8, 4) is 5.75 Å². The maximum atomic E-state index is 5.53. The fraction of sp³-hybridized carbons (Fsp3) is 0.455. The van der Waals surface area contributed by atoms with Gasteiger partial charge in [-0.3, -0.25) is 0 Å². The summed E-state index contributed by atoms with van der Waals surface area (Å²) in [4.78, 5) is 0. The molecule has 2 N–H and O–H groups in total. The average Bonchev–Trinajstić information content (AvgIpc) is 2.20. The maximum absolute atomic E-state index is 5.53. The molecule has 0 aliphatic carbocycles. The van der Waals surface area contributed by atoms with E-state index in [4.69, 9.17) is 15.2 Å². The Labute approximate surface area is 98.7 Å². The minimum absolute atomic E-state index is 0.543. The molecule has 3 nitrogen and oxygen atoms in total. The molecule has 0 unspecified atom stereocenters. The van der Waals surface area contributed by atoms with Crippen molar-refractivity contribution >= 4 is 15.9 Å². The molecule has 0 aromatic heterocycles. The highest BCUT2D eigenvalue weighted by Crippen LogP contribution is 2.25. The van der Waals surface area contributed by atoms with Gasteiger partial charge in [-0.15, -0.1) is 0 Å². The number of nitrogens with two attached hydrogens (primary N) is 1. The lowest BCUT2D eigenvalue weighted by Crippen LogP contribution is -2.13. The van der Waals surface area contributed by atoms with E-state index in [9.17, 15) is 0 Å². The summed E-state index contributed by atoms with van der Waals surface area (Å²) in [6, 6.07) is 5.99. The normalized spacial score (nSPS) is 10.3. The Morgan fingerprint density at radius 1 is 1.27 bits per heavy atom. The van der Waals surface area contributed by atoms with Crippen molar-refractivity contribution in [3.05, 3.63) is 28.2 Å². The summed E-state index contributed by atoms with van der Waals surface area (Å²) < 4.78 is 11.7. The number of hydrogen-bond acceptors (Lipinski definition) is 3. The van der Waals surface area contributed by atoms with Crippen LogP contribution in [0.5, 0.6) is 5.75 Å². The first-order valence-electron chi connectivity index (χ1n) is 4.91. The number of hydrogen-bond donors (Lipinski definition) is 1. The van der Waals surface area contributed by atoms with E-state index in [2.05, 4.69) is 15.9 Å². The van der Waals surface area contributed by atoms with E-state index >= 15 is 0 Å². The van der Waals surface area contributed by atoms with Crippen LogP contribution in [0.4, 0.5) is 0 Å². The second-order valence-electron chi connectivity index (χ2n) is 3.18. The molecule has 1 aromatic carbocycles. The molecule has 15 heavy (non-hydrogen) atoms. The van der Waals surface area contributed by atoms with Crippen LogP contribution >= 0.6 is 15.9 Å². The van der Waals surface area contributed by atoms with E-state index < -0.39 is 0 Å². The van der Waals surface area contributed by atoms with Gasteiger partial charge < -0.3 is 15.2 Å². The molecule has 0 spiro atoms. The van der Waals surface area contributed by atoms with Gasteiger partial charge in [0.1, 0.15) is 12.4 Å². The monoisotopic (exact) mass is 273 g/mol. The predicted octanol–water partition coefficient (Wildman–Crippen LogP) is 2.11. The SMILES string of the molecule is Cc1ccc(OCCOCCN)c(Br)c1. The van der Waals surface area contributed by atoms with Crippen molar-refractivity contribution in [1.82, 2.24) is 0 Å². The van der Waals surface area contributed by atoms with Gasteiger partial charge in [-0.2, -0.15) is 0 Å². The summed E-state index contributed by atoms with van der Waals surface area (Å²) in [5, 5.41) is 0. The van der Waals surface area contributed by atoms with Crippen LogP contribution in [0.15, 0.2) is 22.7 Å². The first-order valence-corrected chi connectivity index (χ1v) is 5.70. The summed E-state index contributed by atoms with van der Waals surface area (Å²) in [5.41, 5.74) is 6.49. The highest BCUT2D eigenvalue weighted by molar-refractivity contribution is 9.10. The summed E-state index contributed by atoms with van der Waals surface area (Å²) in [6.07, 6.45) is 0. The lowest BCUT2D eigenvalue weighted by molar-refractivity contribution is 0.105. The zero-order valence-corrected chi connectivity index (χ0v) is 10.4. The van der Waals surface area contributed by atoms with Crippen molar-refractivity contribution in [1.29, 1.82) is 0 Å². The number of rotatable bonds is 6. The van der Waals surface area contributed by atoms with E-state index in [1.165, 1.54) is 5.56 Å². The molecule has 0 amide bonds. The highest BCUT2D eigenvalue weighted by Gasteiger charge is 2.00. The van der Waals surface area contributed by atoms with Gasteiger partial charge in [-0.05, 0) is 40.5 Å². The molecule has 0 atom stereocenters. The van der Waals surface area contributed by atoms with Crippen LogP contribution in [0.3, 0.4) is 0 Å². The Morgan fingerprint density at radius 2 is 2.07 bits per heavy atom. The van der Waals surface area contributed by atoms with Gasteiger partial charge in [0.05, 0.1) is 17.7 Å². The minimum Gasteiger partial charge on any atom is -0.490 e. The predicted molar refractivity (Wildman–Crippen MR) is 64.2 cm³/mol. The van der Waals surface area contributed by atoms with Gasteiger partial charge in [-0.1, -0.05) is 6.07 Å². The first-order chi connectivity index (χ1) is 7.24. The van der Waals surface area contributed by atoms with Crippen LogP contribution in [-0.4, -0.2) is 26.4 Å². The highest BCUT2D eigenvalue weighted by atomic mass is 79.9. The van der Waals surface area contributed by atoms with E-state index in [-0.39, 0.29) is 0 Å². The van der Waals surface area contributed by atoms with Crippen molar-refractivity contribution in [2.45, 2.75) is 6.92 Å². The van der Waals surface area contributed by atoms with Crippen molar-refractivity contribution in [3.63, 3.8) is 0 Å². The second kappa shape index (κ2) is 6.82. The summed E-state index contributed by atoms with van der Waals surface area (Å²) in [6.45, 7) is 4.28. The molecule has 0 fully saturated rings. The molecule has 0 saturated heterocycles. The van der Waals surface area contributed by atoms with E-state index in [1.807, 2.05) is 25.1 Å². The van der Waals surface area contributed by atoms with Crippen LogP contribution in [0.25, 0.3) is 0 Å². The molecule has 0 radical (unpaired) electrons. The number of ether oxygens (including phenoxy) is 2. The molecule has 1 aromatic rings. The Balaban J connectivity index is 2.31. The molecule has 0 saturated carbocycles. The van der Waals surface area contributed by atoms with Crippen LogP contribution in [0, 0.1) is 6.92 Å². The fourth-order valence-corrected chi connectivity index (χ4v) is 1.73. The zero-order chi connectivity index (χ0) is 11.1. The van der Waals surface area contributed by atoms with Crippen LogP contribution < -0.4 is 10.5 Å². The second-order valence-corrected chi connectivity index (χ2v) is 4.04. The molecule has 0 bridgehead atoms. The molecular formula is C11H16BrNO2. The molecule has 4 heteroatoms. The van der Waals surface area contributed by atoms with E-state index in [1.54, 1.807) is 0 Å². The molecular weight excluding hydrogens is 258 g/mol. The number of aryl methyl sites for hydroxylation is 1. The van der Waals surface area contributed by atoms with Gasteiger partial charge in [0.2, 0.25) is 0 Å². The summed E-state index contributed by atoms with van der Waals surface area (Å²) in [7, 11) is 0. The summed E-state index contributed by atoms with van der Waals surface area (Å²) >= 11 is 3.44. The first kappa shape index (κ1) is 12.5. The van der Waals surface area contributed by atoms with Crippen molar-refractivity contribution < 1.29 is 9.47 Å². The lowest BCUT2D eigenvalue weighted by atomic mass is 10.2. The molecule has 0 aliphatic heterocycles. The quantitative estimate of drug-likeness (QED) is 0.808. The Hall–Kier alpha value is -0.580. The Morgan fingerprint density at radius 3 is 2.73 bits per heavy atom. The smallest absolute Gasteiger partial charge is 0.133 e. The van der Waals surface area contributed by atoms with Crippen LogP contribution in [-0.2, 0) is 4.74 Å². The van der Waals surface area contributed by atoms with E-state index in [0.29, 0.717) is 26.4 Å². The third-order valence-corrected chi connectivity index (χ3v) is 2.45. The number of halogens is 1. The topological polar surface area (TPSA) is 44.5 Å². The van der Waals surface area contributed by atoms with Crippen LogP contribution in [0.2, 0.25) is 0 Å². The number of benzene rings is 1. The molecule has 0 heterocycles. The van der Waals surface area contributed by atoms with Gasteiger partial charge in [0.25, 0.3) is 0 Å². The third-order valence-electron chi connectivity index (χ3n) is 1.83. The van der Waals surface area contributed by atoms with Crippen LogP contribution in [0.1, 0.15) is 5.56 Å². The molecule has 1 rings (SSSR count). The Bertz CT molecular complexity index is 305. The van der Waals surface area contributed by atoms with Crippen molar-refractivity contribution in [2.24, 2.45) is 5.73 Å². The molecule has 84 valence electrons. The average molecular weight is 274 g/mol. The van der Waals surface area contributed by atoms with Gasteiger partial charge in [0.15, 0.2) is 0 Å². The fourth-order valence-electron chi connectivity index (χ4n) is 1.12. The molecule has 0 aliphatic rings. The lowest BCUT2D eigenvalue weighted by Gasteiger charge is -2.08. The largest absolute Gasteiger partial charge is 0.490 e. The maximum Gasteiger partial charge on any atom is 0.133 e. The zero-order valence-electron chi connectivity index (χ0n) is 8.83. The van der Waals surface area contributed by atoms with Gasteiger partial charge >= 0.3 is 0 Å².